The average Bonchev–Trinajstić information content (AvgIpc) is 3.34. The van der Waals surface area contributed by atoms with Gasteiger partial charge in [-0.1, -0.05) is 6.92 Å². The van der Waals surface area contributed by atoms with Crippen molar-refractivity contribution in [3.8, 4) is 0 Å². The molecule has 0 aromatic heterocycles. The third-order valence-electron chi connectivity index (χ3n) is 12.4. The molecule has 2 heterocycles. The Balaban J connectivity index is 1.39. The van der Waals surface area contributed by atoms with Gasteiger partial charge in [0.15, 0.2) is 6.29 Å². The van der Waals surface area contributed by atoms with E-state index in [-0.39, 0.29) is 6.29 Å². The van der Waals surface area contributed by atoms with E-state index in [0.29, 0.717) is 29.1 Å². The maximum atomic E-state index is 7.19. The Morgan fingerprint density at radius 1 is 0.769 bits per heavy atom. The highest BCUT2D eigenvalue weighted by atomic mass is 16.7. The van der Waals surface area contributed by atoms with Crippen molar-refractivity contribution >= 4 is 0 Å². The van der Waals surface area contributed by atoms with Crippen LogP contribution in [-0.2, 0) is 14.2 Å². The highest BCUT2D eigenvalue weighted by Gasteiger charge is 2.93. The van der Waals surface area contributed by atoms with Crippen LogP contribution in [0.15, 0.2) is 0 Å². The van der Waals surface area contributed by atoms with Crippen molar-refractivity contribution in [2.75, 3.05) is 7.11 Å². The molecule has 3 nitrogen and oxygen atoms in total. The van der Waals surface area contributed by atoms with Crippen molar-refractivity contribution in [1.82, 2.24) is 0 Å². The summed E-state index contributed by atoms with van der Waals surface area (Å²) in [5.41, 5.74) is 0.872. The van der Waals surface area contributed by atoms with Crippen LogP contribution in [0, 0.1) is 70.0 Å². The van der Waals surface area contributed by atoms with E-state index in [0.717, 1.165) is 65.6 Å². The molecule has 9 bridgehead atoms. The third-order valence-corrected chi connectivity index (χ3v) is 12.4. The smallest absolute Gasteiger partial charge is 0.158 e. The van der Waals surface area contributed by atoms with Crippen LogP contribution in [-0.4, -0.2) is 31.7 Å². The number of hydrogen-bond donors (Lipinski definition) is 0. The van der Waals surface area contributed by atoms with Crippen LogP contribution in [0.2, 0.25) is 0 Å². The average molecular weight is 354 g/mol. The van der Waals surface area contributed by atoms with Gasteiger partial charge in [-0.15, -0.1) is 0 Å². The zero-order valence-electron chi connectivity index (χ0n) is 15.8. The van der Waals surface area contributed by atoms with E-state index in [2.05, 4.69) is 6.92 Å². The SMILES string of the molecule is CO[C@@H]1C[C@]23[C@H]4[C@H]5[C@@H](CC[C@@H]5O1)[C@H]1[C@@H]4[C@H]4[C@H]5[C@@H]6[C@@H](CC[C@@H]6O[C@H]2[C@]51C)[C@@H]43. The maximum Gasteiger partial charge on any atom is 0.158 e. The van der Waals surface area contributed by atoms with Crippen molar-refractivity contribution in [3.05, 3.63) is 0 Å². The quantitative estimate of drug-likeness (QED) is 0.723. The molecule has 10 aliphatic rings. The minimum Gasteiger partial charge on any atom is -0.373 e. The molecule has 1 spiro atoms. The lowest BCUT2D eigenvalue weighted by molar-refractivity contribution is -0.265. The zero-order valence-corrected chi connectivity index (χ0v) is 15.8. The molecule has 10 rings (SSSR count). The largest absolute Gasteiger partial charge is 0.373 e. The molecule has 8 aliphatic carbocycles. The van der Waals surface area contributed by atoms with E-state index in [1.54, 1.807) is 0 Å². The van der Waals surface area contributed by atoms with Gasteiger partial charge in [-0.2, -0.15) is 0 Å². The van der Waals surface area contributed by atoms with Crippen molar-refractivity contribution < 1.29 is 14.2 Å². The first-order valence-corrected chi connectivity index (χ1v) is 11.5. The molecule has 0 aromatic carbocycles. The van der Waals surface area contributed by atoms with Gasteiger partial charge in [-0.25, -0.2) is 0 Å². The van der Waals surface area contributed by atoms with Gasteiger partial charge in [0.2, 0.25) is 0 Å². The molecule has 0 radical (unpaired) electrons. The van der Waals surface area contributed by atoms with Crippen LogP contribution < -0.4 is 0 Å². The van der Waals surface area contributed by atoms with Crippen LogP contribution in [0.25, 0.3) is 0 Å². The summed E-state index contributed by atoms with van der Waals surface area (Å²) in [4.78, 5) is 0. The summed E-state index contributed by atoms with van der Waals surface area (Å²) in [5.74, 6) is 9.56. The van der Waals surface area contributed by atoms with Gasteiger partial charge in [-0.05, 0) is 84.9 Å². The molecule has 0 aromatic rings. The first-order chi connectivity index (χ1) is 12.7. The molecular weight excluding hydrogens is 324 g/mol. The summed E-state index contributed by atoms with van der Waals surface area (Å²) in [6.45, 7) is 2.72. The van der Waals surface area contributed by atoms with Crippen molar-refractivity contribution in [1.29, 1.82) is 0 Å². The van der Waals surface area contributed by atoms with Gasteiger partial charge >= 0.3 is 0 Å². The second-order valence-corrected chi connectivity index (χ2v) is 12.0. The lowest BCUT2D eigenvalue weighted by atomic mass is 9.48. The Kier molecular flexibility index (Phi) is 1.99. The summed E-state index contributed by atoms with van der Waals surface area (Å²) in [5, 5.41) is 0. The second-order valence-electron chi connectivity index (χ2n) is 12.0. The van der Waals surface area contributed by atoms with Gasteiger partial charge in [0, 0.05) is 24.4 Å². The van der Waals surface area contributed by atoms with Gasteiger partial charge < -0.3 is 14.2 Å². The summed E-state index contributed by atoms with van der Waals surface area (Å²) < 4.78 is 19.8. The predicted molar refractivity (Wildman–Crippen MR) is 92.9 cm³/mol. The maximum absolute atomic E-state index is 7.19. The molecule has 16 atom stereocenters. The summed E-state index contributed by atoms with van der Waals surface area (Å²) in [6.07, 6.45) is 8.29. The highest BCUT2D eigenvalue weighted by molar-refractivity contribution is 5.40. The monoisotopic (exact) mass is 354 g/mol. The van der Waals surface area contributed by atoms with E-state index < -0.39 is 0 Å². The van der Waals surface area contributed by atoms with Crippen molar-refractivity contribution in [2.24, 2.45) is 70.0 Å². The van der Waals surface area contributed by atoms with Gasteiger partial charge in [0.25, 0.3) is 0 Å². The first kappa shape index (κ1) is 14.0. The molecule has 0 N–H and O–H groups in total. The Labute approximate surface area is 155 Å². The van der Waals surface area contributed by atoms with Crippen LogP contribution in [0.4, 0.5) is 0 Å². The van der Waals surface area contributed by atoms with Crippen LogP contribution >= 0.6 is 0 Å². The Morgan fingerprint density at radius 2 is 1.46 bits per heavy atom. The fourth-order valence-electron chi connectivity index (χ4n) is 13.1. The molecule has 10 fully saturated rings. The second kappa shape index (κ2) is 3.71. The van der Waals surface area contributed by atoms with E-state index in [9.17, 15) is 0 Å². The molecule has 0 amide bonds. The molecule has 8 saturated carbocycles. The lowest BCUT2D eigenvalue weighted by Crippen LogP contribution is -2.64. The van der Waals surface area contributed by atoms with Gasteiger partial charge in [0.1, 0.15) is 0 Å². The van der Waals surface area contributed by atoms with Crippen molar-refractivity contribution in [3.63, 3.8) is 0 Å². The number of ether oxygens (including phenoxy) is 3. The minimum atomic E-state index is 0.0166. The van der Waals surface area contributed by atoms with E-state index >= 15 is 0 Å². The summed E-state index contributed by atoms with van der Waals surface area (Å²) in [6, 6.07) is 0. The van der Waals surface area contributed by atoms with Crippen LogP contribution in [0.3, 0.4) is 0 Å². The Hall–Kier alpha value is -0.120. The topological polar surface area (TPSA) is 27.7 Å². The number of methoxy groups -OCH3 is 1. The van der Waals surface area contributed by atoms with Crippen molar-refractivity contribution in [2.45, 2.75) is 63.6 Å². The lowest BCUT2D eigenvalue weighted by Gasteiger charge is -2.62. The molecule has 2 aliphatic heterocycles. The number of hydrogen-bond acceptors (Lipinski definition) is 3. The minimum absolute atomic E-state index is 0.0166. The zero-order chi connectivity index (χ0) is 16.7. The van der Waals surface area contributed by atoms with Crippen LogP contribution in [0.5, 0.6) is 0 Å². The molecule has 26 heavy (non-hydrogen) atoms. The normalized spacial score (nSPS) is 80.1. The molecular formula is C23H30O3. The molecule has 0 unspecified atom stereocenters. The highest BCUT2D eigenvalue weighted by Crippen LogP contribution is 2.93. The fraction of sp³-hybridized carbons (Fsp3) is 1.00. The van der Waals surface area contributed by atoms with Gasteiger partial charge in [0.05, 0.1) is 18.3 Å². The van der Waals surface area contributed by atoms with E-state index in [4.69, 9.17) is 14.2 Å². The molecule has 3 heteroatoms. The van der Waals surface area contributed by atoms with E-state index in [1.807, 2.05) is 7.11 Å². The first-order valence-electron chi connectivity index (χ1n) is 11.5. The van der Waals surface area contributed by atoms with E-state index in [1.165, 1.54) is 25.7 Å². The summed E-state index contributed by atoms with van der Waals surface area (Å²) in [7, 11) is 1.89. The van der Waals surface area contributed by atoms with Crippen LogP contribution in [0.1, 0.15) is 39.0 Å². The molecule has 2 saturated heterocycles. The van der Waals surface area contributed by atoms with Gasteiger partial charge in [-0.3, -0.25) is 0 Å². The Morgan fingerprint density at radius 3 is 2.27 bits per heavy atom. The summed E-state index contributed by atoms with van der Waals surface area (Å²) >= 11 is 0. The number of rotatable bonds is 1. The fourth-order valence-corrected chi connectivity index (χ4v) is 13.1. The standard InChI is InChI=1S/C23H30O3/c1-22-17-8-3-5-10-14(8)20-15(17)16-18-9-4-6-11(13(9)19(16)22)26-21(22)23(18,20)7-12(24-2)25-10/h8-21H,3-7H2,1-2H3/t8-,9-,10+,11+,12+,13-,14+,15+,16-,17+,18+,19-,20+,21+,22+,23+/m1/s1. The molecule has 140 valence electrons. The Bertz CT molecular complexity index is 748. The predicted octanol–water partition coefficient (Wildman–Crippen LogP) is 3.33. The third kappa shape index (κ3) is 0.981.